The molecule has 0 unspecified atom stereocenters. The van der Waals surface area contributed by atoms with Crippen LogP contribution in [-0.4, -0.2) is 29.4 Å². The molecule has 6 heteroatoms. The lowest BCUT2D eigenvalue weighted by molar-refractivity contribution is 0.0695. The van der Waals surface area contributed by atoms with E-state index in [0.717, 1.165) is 40.9 Å². The number of anilines is 2. The van der Waals surface area contributed by atoms with Crippen molar-refractivity contribution in [3.8, 4) is 12.5 Å². The summed E-state index contributed by atoms with van der Waals surface area (Å²) >= 11 is 6.22. The molecule has 156 valence electrons. The number of benzene rings is 2. The van der Waals surface area contributed by atoms with E-state index < -0.39 is 0 Å². The van der Waals surface area contributed by atoms with Gasteiger partial charge in [0.2, 0.25) is 0 Å². The van der Waals surface area contributed by atoms with Gasteiger partial charge in [0.25, 0.3) is 5.91 Å². The van der Waals surface area contributed by atoms with Gasteiger partial charge in [0.05, 0.1) is 28.9 Å². The Morgan fingerprint density at radius 2 is 2.03 bits per heavy atom. The maximum atomic E-state index is 13.1. The minimum Gasteiger partial charge on any atom is -0.464 e. The van der Waals surface area contributed by atoms with E-state index in [0.29, 0.717) is 23.7 Å². The molecule has 3 aromatic rings. The van der Waals surface area contributed by atoms with Crippen molar-refractivity contribution < 1.29 is 9.21 Å². The number of nitrogens with one attached hydrogen (secondary N) is 1. The maximum Gasteiger partial charge on any atom is 0.253 e. The Morgan fingerprint density at radius 1 is 1.23 bits per heavy atom. The number of furan rings is 1. The predicted molar refractivity (Wildman–Crippen MR) is 124 cm³/mol. The summed E-state index contributed by atoms with van der Waals surface area (Å²) in [6, 6.07) is 16.0. The first-order chi connectivity index (χ1) is 15.0. The molecule has 1 N–H and O–H groups in total. The number of terminal acetylenes is 1. The number of halogens is 1. The number of fused-ring (bicyclic) bond motifs is 2. The van der Waals surface area contributed by atoms with Gasteiger partial charge in [-0.25, -0.2) is 0 Å². The number of carbonyl (C=O) groups excluding carboxylic acids is 1. The van der Waals surface area contributed by atoms with Gasteiger partial charge in [-0.1, -0.05) is 24.1 Å². The molecular weight excluding hydrogens is 410 g/mol. The van der Waals surface area contributed by atoms with E-state index in [1.54, 1.807) is 6.26 Å². The van der Waals surface area contributed by atoms with Crippen molar-refractivity contribution in [1.82, 2.24) is 4.90 Å². The van der Waals surface area contributed by atoms with Crippen LogP contribution >= 0.6 is 11.6 Å². The number of allylic oxidation sites excluding steroid dienone is 1. The molecule has 5 nitrogen and oxygen atoms in total. The highest BCUT2D eigenvalue weighted by Crippen LogP contribution is 2.45. The molecule has 3 heterocycles. The second-order valence-electron chi connectivity index (χ2n) is 7.97. The molecule has 0 aliphatic carbocycles. The van der Waals surface area contributed by atoms with Gasteiger partial charge < -0.3 is 14.6 Å². The number of nitrogens with zero attached hydrogens (tertiary/aromatic N) is 2. The van der Waals surface area contributed by atoms with Crippen LogP contribution in [0.1, 0.15) is 30.1 Å². The SMILES string of the molecule is C#CN1C(=CC)C2(CCN(C(=O)c3ccc4occc4c3)CC2)Nc2ccc(Cl)cc21. The van der Waals surface area contributed by atoms with Crippen molar-refractivity contribution in [2.24, 2.45) is 0 Å². The molecule has 1 fully saturated rings. The Hall–Kier alpha value is -3.36. The molecule has 31 heavy (non-hydrogen) atoms. The molecule has 1 aromatic heterocycles. The van der Waals surface area contributed by atoms with Gasteiger partial charge in [-0.3, -0.25) is 9.69 Å². The average Bonchev–Trinajstić information content (AvgIpc) is 3.26. The van der Waals surface area contributed by atoms with Gasteiger partial charge in [0, 0.05) is 35.1 Å². The van der Waals surface area contributed by atoms with Gasteiger partial charge in [-0.05, 0) is 62.2 Å². The van der Waals surface area contributed by atoms with E-state index in [2.05, 4.69) is 17.4 Å². The van der Waals surface area contributed by atoms with Gasteiger partial charge in [-0.2, -0.15) is 0 Å². The molecule has 1 saturated heterocycles. The Morgan fingerprint density at radius 3 is 2.77 bits per heavy atom. The monoisotopic (exact) mass is 431 g/mol. The maximum absolute atomic E-state index is 13.1. The predicted octanol–water partition coefficient (Wildman–Crippen LogP) is 5.49. The Kier molecular flexibility index (Phi) is 4.68. The number of rotatable bonds is 1. The minimum atomic E-state index is -0.326. The summed E-state index contributed by atoms with van der Waals surface area (Å²) in [7, 11) is 0. The molecule has 5 rings (SSSR count). The third-order valence-electron chi connectivity index (χ3n) is 6.31. The summed E-state index contributed by atoms with van der Waals surface area (Å²) in [5, 5.41) is 5.29. The number of hydrogen-bond donors (Lipinski definition) is 1. The largest absolute Gasteiger partial charge is 0.464 e. The number of carbonyl (C=O) groups is 1. The zero-order chi connectivity index (χ0) is 21.6. The van der Waals surface area contributed by atoms with Crippen molar-refractivity contribution in [2.45, 2.75) is 25.3 Å². The van der Waals surface area contributed by atoms with Crippen molar-refractivity contribution in [3.05, 3.63) is 71.1 Å². The van der Waals surface area contributed by atoms with Gasteiger partial charge in [-0.15, -0.1) is 0 Å². The Bertz CT molecular complexity index is 1250. The number of hydrogen-bond acceptors (Lipinski definition) is 4. The molecule has 1 amide bonds. The number of amides is 1. The Labute approximate surface area is 186 Å². The highest BCUT2D eigenvalue weighted by atomic mass is 35.5. The molecule has 0 saturated carbocycles. The summed E-state index contributed by atoms with van der Waals surface area (Å²) in [4.78, 5) is 16.9. The van der Waals surface area contributed by atoms with Crippen molar-refractivity contribution in [2.75, 3.05) is 23.3 Å². The normalized spacial score (nSPS) is 18.7. The van der Waals surface area contributed by atoms with Crippen LogP contribution in [0.15, 0.2) is 64.9 Å². The quantitative estimate of drug-likeness (QED) is 0.518. The van der Waals surface area contributed by atoms with Crippen molar-refractivity contribution in [3.63, 3.8) is 0 Å². The molecule has 2 aliphatic heterocycles. The van der Waals surface area contributed by atoms with Gasteiger partial charge in [0.15, 0.2) is 0 Å². The highest BCUT2D eigenvalue weighted by molar-refractivity contribution is 6.31. The van der Waals surface area contributed by atoms with Crippen LogP contribution in [0.4, 0.5) is 11.4 Å². The lowest BCUT2D eigenvalue weighted by atomic mass is 9.81. The van der Waals surface area contributed by atoms with Gasteiger partial charge >= 0.3 is 0 Å². The van der Waals surface area contributed by atoms with Crippen molar-refractivity contribution >= 4 is 39.9 Å². The second kappa shape index (κ2) is 7.40. The smallest absolute Gasteiger partial charge is 0.253 e. The summed E-state index contributed by atoms with van der Waals surface area (Å²) in [6.07, 6.45) is 11.1. The summed E-state index contributed by atoms with van der Waals surface area (Å²) in [6.45, 7) is 3.26. The van der Waals surface area contributed by atoms with E-state index in [1.165, 1.54) is 0 Å². The van der Waals surface area contributed by atoms with Crippen LogP contribution in [0.25, 0.3) is 11.0 Å². The number of likely N-dealkylation sites (tertiary alicyclic amines) is 1. The zero-order valence-corrected chi connectivity index (χ0v) is 17.9. The van der Waals surface area contributed by atoms with Gasteiger partial charge in [0.1, 0.15) is 5.58 Å². The molecule has 2 aromatic carbocycles. The zero-order valence-electron chi connectivity index (χ0n) is 17.2. The van der Waals surface area contributed by atoms with E-state index in [9.17, 15) is 4.79 Å². The van der Waals surface area contributed by atoms with Crippen LogP contribution in [0.3, 0.4) is 0 Å². The third-order valence-corrected chi connectivity index (χ3v) is 6.55. The van der Waals surface area contributed by atoms with E-state index in [-0.39, 0.29) is 11.4 Å². The number of piperidine rings is 1. The molecule has 0 atom stereocenters. The van der Waals surface area contributed by atoms with Crippen LogP contribution in [0.2, 0.25) is 5.02 Å². The fourth-order valence-corrected chi connectivity index (χ4v) is 4.93. The first-order valence-corrected chi connectivity index (χ1v) is 10.7. The lowest BCUT2D eigenvalue weighted by Gasteiger charge is -2.50. The second-order valence-corrected chi connectivity index (χ2v) is 8.41. The van der Waals surface area contributed by atoms with E-state index in [4.69, 9.17) is 22.4 Å². The third kappa shape index (κ3) is 3.15. The van der Waals surface area contributed by atoms with Crippen molar-refractivity contribution in [1.29, 1.82) is 0 Å². The summed E-state index contributed by atoms with van der Waals surface area (Å²) in [5.74, 6) is 0.0387. The fraction of sp³-hybridized carbons (Fsp3) is 0.240. The fourth-order valence-electron chi connectivity index (χ4n) is 4.76. The molecule has 1 spiro atoms. The minimum absolute atomic E-state index is 0.0387. The highest BCUT2D eigenvalue weighted by Gasteiger charge is 2.44. The van der Waals surface area contributed by atoms with E-state index in [1.807, 2.05) is 59.2 Å². The van der Waals surface area contributed by atoms with Crippen LogP contribution < -0.4 is 10.2 Å². The Balaban J connectivity index is 1.41. The van der Waals surface area contributed by atoms with Crippen LogP contribution in [0.5, 0.6) is 0 Å². The van der Waals surface area contributed by atoms with Crippen LogP contribution in [0, 0.1) is 12.5 Å². The molecule has 0 bridgehead atoms. The average molecular weight is 432 g/mol. The lowest BCUT2D eigenvalue weighted by Crippen LogP contribution is -2.56. The molecule has 0 radical (unpaired) electrons. The topological polar surface area (TPSA) is 48.7 Å². The molecule has 2 aliphatic rings. The molecular formula is C25H22ClN3O2. The summed E-state index contributed by atoms with van der Waals surface area (Å²) in [5.41, 5.74) is 3.99. The standard InChI is InChI=1S/C25H22ClN3O2/c1-3-23-25(27-20-7-6-19(26)16-21(20)29(23)4-2)10-12-28(13-11-25)24(30)18-5-8-22-17(15-18)9-14-31-22/h2-3,5-9,14-16,27H,10-13H2,1H3. The summed E-state index contributed by atoms with van der Waals surface area (Å²) < 4.78 is 5.39. The first kappa shape index (κ1) is 19.6. The first-order valence-electron chi connectivity index (χ1n) is 10.3. The van der Waals surface area contributed by atoms with E-state index >= 15 is 0 Å². The van der Waals surface area contributed by atoms with Crippen LogP contribution in [-0.2, 0) is 0 Å².